The fourth-order valence-corrected chi connectivity index (χ4v) is 0.0227. The number of hydrogen-bond donors (Lipinski definition) is 0. The van der Waals surface area contributed by atoms with Crippen LogP contribution in [0.4, 0.5) is 0 Å². The molecule has 26 valence electrons. The van der Waals surface area contributed by atoms with Crippen LogP contribution in [0.1, 0.15) is 0 Å². The Morgan fingerprint density at radius 2 is 2.40 bits per heavy atom. The summed E-state index contributed by atoms with van der Waals surface area (Å²) in [5.41, 5.74) is 0. The monoisotopic (exact) mass is 72.0 g/mol. The van der Waals surface area contributed by atoms with Crippen molar-refractivity contribution >= 4 is 13.8 Å². The quantitative estimate of drug-likeness (QED) is 0.314. The van der Waals surface area contributed by atoms with Gasteiger partial charge in [0.05, 0.1) is 0 Å². The zero-order valence-electron chi connectivity index (χ0n) is 2.38. The van der Waals surface area contributed by atoms with Gasteiger partial charge in [0.25, 0.3) is 0 Å². The molecule has 4 heteroatoms. The molecule has 0 unspecified atom stereocenters. The summed E-state index contributed by atoms with van der Waals surface area (Å²) in [7, 11) is 0.0625. The van der Waals surface area contributed by atoms with E-state index in [1.807, 2.05) is 0 Å². The molecule has 0 rings (SSSR count). The first-order valence-corrected chi connectivity index (χ1v) is 0.943. The van der Waals surface area contributed by atoms with Gasteiger partial charge < -0.3 is 0 Å². The molecule has 0 saturated carbocycles. The van der Waals surface area contributed by atoms with Gasteiger partial charge >= 0.3 is 28.0 Å². The van der Waals surface area contributed by atoms with Crippen molar-refractivity contribution in [3.05, 3.63) is 0 Å². The number of carbonyl (C=O) groups excluding carboxylic acids is 1. The van der Waals surface area contributed by atoms with E-state index in [1.54, 1.807) is 0 Å². The van der Waals surface area contributed by atoms with Gasteiger partial charge in [0.15, 0.2) is 0 Å². The van der Waals surface area contributed by atoms with Gasteiger partial charge in [-0.3, -0.25) is 0 Å². The van der Waals surface area contributed by atoms with Crippen LogP contribution in [0, 0.1) is 0 Å². The molecule has 0 aliphatic rings. The molecule has 0 spiro atoms. The van der Waals surface area contributed by atoms with Gasteiger partial charge in [0.2, 0.25) is 0 Å². The first-order valence-electron chi connectivity index (χ1n) is 0.943. The fraction of sp³-hybridized carbons (Fsp3) is 0. The van der Waals surface area contributed by atoms with Crippen LogP contribution >= 0.6 is 0 Å². The third-order valence-corrected chi connectivity index (χ3v) is 0.111. The van der Waals surface area contributed by atoms with E-state index in [9.17, 15) is 0 Å². The molecule has 0 aromatic heterocycles. The normalized spacial score (nSPS) is 4.80. The summed E-state index contributed by atoms with van der Waals surface area (Å²) in [6, 6.07) is 0. The van der Waals surface area contributed by atoms with Crippen molar-refractivity contribution < 1.29 is 14.2 Å². The van der Waals surface area contributed by atoms with Crippen molar-refractivity contribution in [2.75, 3.05) is 0 Å². The van der Waals surface area contributed by atoms with E-state index in [1.165, 1.54) is 0 Å². The zero-order valence-corrected chi connectivity index (χ0v) is 2.38. The van der Waals surface area contributed by atoms with Crippen LogP contribution in [-0.4, -0.2) is 13.8 Å². The van der Waals surface area contributed by atoms with Crippen molar-refractivity contribution in [1.29, 1.82) is 0 Å². The van der Waals surface area contributed by atoms with Gasteiger partial charge in [-0.25, -0.2) is 0 Å². The van der Waals surface area contributed by atoms with E-state index in [0.717, 1.165) is 0 Å². The van der Waals surface area contributed by atoms with E-state index < -0.39 is 0 Å². The first kappa shape index (κ1) is 4.33. The van der Waals surface area contributed by atoms with Gasteiger partial charge in [0, 0.05) is 0 Å². The Morgan fingerprint density at radius 1 is 1.80 bits per heavy atom. The van der Waals surface area contributed by atoms with Gasteiger partial charge in [0.1, 0.15) is 0 Å². The predicted molar refractivity (Wildman–Crippen MR) is 13.6 cm³/mol. The summed E-state index contributed by atoms with van der Waals surface area (Å²) in [6.07, 6.45) is 0. The van der Waals surface area contributed by atoms with Crippen molar-refractivity contribution in [2.45, 2.75) is 0 Å². The van der Waals surface area contributed by atoms with Crippen molar-refractivity contribution in [3.8, 4) is 0 Å². The molecule has 0 N–H and O–H groups in total. The topological polar surface area (TPSA) is 43.4 Å². The number of carbonyl (C=O) groups is 1. The zero-order chi connectivity index (χ0) is 4.12. The molecule has 0 saturated heterocycles. The van der Waals surface area contributed by atoms with Gasteiger partial charge in [-0.15, -0.1) is 0 Å². The van der Waals surface area contributed by atoms with Crippen LogP contribution in [0.3, 0.4) is 0 Å². The molecule has 0 radical (unpaired) electrons. The first-order chi connectivity index (χ1) is 2.41. The molecule has 3 nitrogen and oxygen atoms in total. The second-order valence-electron chi connectivity index (χ2n) is 0.329. The molecule has 0 heterocycles. The molecule has 0 bridgehead atoms. The van der Waals surface area contributed by atoms with Crippen molar-refractivity contribution in [1.82, 2.24) is 0 Å². The van der Waals surface area contributed by atoms with E-state index >= 15 is 0 Å². The average molecular weight is 71.8 g/mol. The summed E-state index contributed by atoms with van der Waals surface area (Å²) in [5.74, 6) is 0. The van der Waals surface area contributed by atoms with Crippen LogP contribution in [0.25, 0.3) is 0 Å². The molecule has 0 aliphatic carbocycles. The van der Waals surface area contributed by atoms with Gasteiger partial charge in [-0.05, 0) is 0 Å². The second kappa shape index (κ2) is 3.33. The maximum atomic E-state index is 8.95. The Morgan fingerprint density at radius 3 is 2.40 bits per heavy atom. The third-order valence-electron chi connectivity index (χ3n) is 0.111. The molecule has 0 aromatic rings. The van der Waals surface area contributed by atoms with E-state index in [4.69, 9.17) is 9.50 Å². The summed E-state index contributed by atoms with van der Waals surface area (Å²) in [6.45, 7) is 0.0625. The number of rotatable bonds is 2. The molecule has 5 heavy (non-hydrogen) atoms. The van der Waals surface area contributed by atoms with E-state index in [2.05, 4.69) is 4.65 Å². The summed E-state index contributed by atoms with van der Waals surface area (Å²) in [4.78, 5) is 8.95. The average Bonchev–Trinajstić information content (AvgIpc) is 1.41. The minimum atomic E-state index is 0.0625. The van der Waals surface area contributed by atoms with Crippen LogP contribution < -0.4 is 0 Å². The van der Waals surface area contributed by atoms with Crippen LogP contribution in [0.15, 0.2) is 0 Å². The van der Waals surface area contributed by atoms with Crippen LogP contribution in [0.5, 0.6) is 0 Å². The third kappa shape index (κ3) is 3.33. The molecule has 0 fully saturated rings. The number of hydrogen-bond acceptors (Lipinski definition) is 3. The van der Waals surface area contributed by atoms with Crippen molar-refractivity contribution in [2.24, 2.45) is 0 Å². The molecular formula is CHBO3. The standard InChI is InChI=1S/CHBO3/c3-1-5-2-4/h1H. The SMILES string of the molecule is O=BOC=O. The Bertz CT molecular complexity index is 36.2. The summed E-state index contributed by atoms with van der Waals surface area (Å²) in [5, 5.41) is 0. The van der Waals surface area contributed by atoms with Crippen LogP contribution in [0.2, 0.25) is 0 Å². The molecule has 0 aliphatic heterocycles. The Hall–Kier alpha value is -0.665. The minimum absolute atomic E-state index is 0.0625. The predicted octanol–water partition coefficient (Wildman–Crippen LogP) is -0.876. The van der Waals surface area contributed by atoms with Crippen molar-refractivity contribution in [3.63, 3.8) is 0 Å². The van der Waals surface area contributed by atoms with E-state index in [-0.39, 0.29) is 13.8 Å². The molecule has 0 atom stereocenters. The van der Waals surface area contributed by atoms with Crippen LogP contribution in [-0.2, 0) is 14.2 Å². The van der Waals surface area contributed by atoms with Gasteiger partial charge in [-0.1, -0.05) is 0 Å². The van der Waals surface area contributed by atoms with Gasteiger partial charge in [-0.2, -0.15) is 0 Å². The Kier molecular flexibility index (Phi) is 2.89. The Balaban J connectivity index is 2.65. The molecular weight excluding hydrogens is 70.8 g/mol. The Labute approximate surface area is 29.2 Å². The summed E-state index contributed by atoms with van der Waals surface area (Å²) >= 11 is 0. The second-order valence-corrected chi connectivity index (χ2v) is 0.329. The fourth-order valence-electron chi connectivity index (χ4n) is 0.0227. The summed E-state index contributed by atoms with van der Waals surface area (Å²) < 4.78 is 12.4. The molecule has 0 amide bonds. The van der Waals surface area contributed by atoms with E-state index in [0.29, 0.717) is 0 Å². The molecule has 0 aromatic carbocycles. The maximum absolute atomic E-state index is 8.95.